The summed E-state index contributed by atoms with van der Waals surface area (Å²) in [5.74, 6) is -4.29. The van der Waals surface area contributed by atoms with Crippen molar-refractivity contribution in [3.63, 3.8) is 0 Å². The fourth-order valence-corrected chi connectivity index (χ4v) is 5.18. The van der Waals surface area contributed by atoms with Crippen molar-refractivity contribution < 1.29 is 27.0 Å². The summed E-state index contributed by atoms with van der Waals surface area (Å²) >= 11 is 0. The first-order chi connectivity index (χ1) is 16.4. The number of halogens is 4. The summed E-state index contributed by atoms with van der Waals surface area (Å²) in [5.41, 5.74) is -0.254. The van der Waals surface area contributed by atoms with E-state index < -0.39 is 29.4 Å². The van der Waals surface area contributed by atoms with Crippen LogP contribution in [-0.2, 0) is 9.47 Å². The topological polar surface area (TPSA) is 18.5 Å². The summed E-state index contributed by atoms with van der Waals surface area (Å²) in [6.45, 7) is 4.81. The summed E-state index contributed by atoms with van der Waals surface area (Å²) in [7, 11) is 0. The molecule has 2 saturated heterocycles. The molecule has 34 heavy (non-hydrogen) atoms. The van der Waals surface area contributed by atoms with E-state index >= 15 is 8.78 Å². The molecule has 4 atom stereocenters. The zero-order valence-corrected chi connectivity index (χ0v) is 19.8. The molecule has 0 aromatic heterocycles. The Balaban J connectivity index is 1.54. The van der Waals surface area contributed by atoms with Crippen molar-refractivity contribution >= 4 is 0 Å². The van der Waals surface area contributed by atoms with E-state index in [1.165, 1.54) is 24.3 Å². The van der Waals surface area contributed by atoms with Gasteiger partial charge in [-0.1, -0.05) is 49.8 Å². The van der Waals surface area contributed by atoms with E-state index in [-0.39, 0.29) is 40.9 Å². The Hall–Kier alpha value is -2.18. The van der Waals surface area contributed by atoms with Gasteiger partial charge in [0.05, 0.1) is 25.4 Å². The van der Waals surface area contributed by atoms with Crippen LogP contribution in [0.5, 0.6) is 0 Å². The van der Waals surface area contributed by atoms with Gasteiger partial charge in [0.2, 0.25) is 0 Å². The van der Waals surface area contributed by atoms with Crippen molar-refractivity contribution in [1.29, 1.82) is 0 Å². The standard InChI is InChI=1S/C28H32F4O2/c1-3-5-17-7-14-24(34-15-17)23-13-12-22(27(31)28(23)32)21-11-10-20(25(29)26(21)30)18-8-9-19(6-4-2)33-16-18/h4,6,10-13,17-19,24H,3,5,7-9,14-16H2,1-2H3. The van der Waals surface area contributed by atoms with Crippen molar-refractivity contribution in [2.24, 2.45) is 5.92 Å². The van der Waals surface area contributed by atoms with Gasteiger partial charge in [-0.3, -0.25) is 0 Å². The second kappa shape index (κ2) is 11.0. The van der Waals surface area contributed by atoms with Gasteiger partial charge >= 0.3 is 0 Å². The summed E-state index contributed by atoms with van der Waals surface area (Å²) in [5, 5.41) is 0. The molecule has 6 heteroatoms. The van der Waals surface area contributed by atoms with Gasteiger partial charge in [0.1, 0.15) is 0 Å². The first-order valence-corrected chi connectivity index (χ1v) is 12.3. The monoisotopic (exact) mass is 476 g/mol. The van der Waals surface area contributed by atoms with Crippen LogP contribution in [-0.4, -0.2) is 19.3 Å². The first kappa shape index (κ1) is 24.9. The smallest absolute Gasteiger partial charge is 0.167 e. The van der Waals surface area contributed by atoms with Crippen LogP contribution < -0.4 is 0 Å². The highest BCUT2D eigenvalue weighted by Gasteiger charge is 2.29. The predicted octanol–water partition coefficient (Wildman–Crippen LogP) is 8.02. The van der Waals surface area contributed by atoms with Crippen molar-refractivity contribution in [2.45, 2.75) is 70.5 Å². The van der Waals surface area contributed by atoms with Gasteiger partial charge in [0.15, 0.2) is 23.3 Å². The Morgan fingerprint density at radius 2 is 1.47 bits per heavy atom. The molecular formula is C28H32F4O2. The molecule has 2 aliphatic rings. The second-order valence-corrected chi connectivity index (χ2v) is 9.39. The first-order valence-electron chi connectivity index (χ1n) is 12.3. The van der Waals surface area contributed by atoms with E-state index in [1.807, 2.05) is 19.1 Å². The van der Waals surface area contributed by atoms with Crippen molar-refractivity contribution in [3.8, 4) is 11.1 Å². The molecule has 2 aromatic rings. The maximum absolute atomic E-state index is 15.0. The van der Waals surface area contributed by atoms with E-state index in [9.17, 15) is 8.78 Å². The highest BCUT2D eigenvalue weighted by molar-refractivity contribution is 5.66. The van der Waals surface area contributed by atoms with E-state index in [1.54, 1.807) is 0 Å². The average molecular weight is 477 g/mol. The largest absolute Gasteiger partial charge is 0.374 e. The minimum atomic E-state index is -1.18. The lowest BCUT2D eigenvalue weighted by Gasteiger charge is -2.29. The van der Waals surface area contributed by atoms with Gasteiger partial charge in [-0.05, 0) is 50.5 Å². The number of hydrogen-bond donors (Lipinski definition) is 0. The van der Waals surface area contributed by atoms with Gasteiger partial charge in [0.25, 0.3) is 0 Å². The molecule has 2 fully saturated rings. The number of allylic oxidation sites excluding steroid dienone is 1. The molecule has 2 heterocycles. The molecule has 0 radical (unpaired) electrons. The second-order valence-electron chi connectivity index (χ2n) is 9.39. The minimum Gasteiger partial charge on any atom is -0.374 e. The molecule has 0 amide bonds. The van der Waals surface area contributed by atoms with Crippen LogP contribution in [0.3, 0.4) is 0 Å². The number of ether oxygens (including phenoxy) is 2. The number of rotatable bonds is 6. The molecule has 0 aliphatic carbocycles. The molecule has 4 unspecified atom stereocenters. The third-order valence-electron chi connectivity index (χ3n) is 7.09. The zero-order chi connectivity index (χ0) is 24.2. The fraction of sp³-hybridized carbons (Fsp3) is 0.500. The van der Waals surface area contributed by atoms with Crippen LogP contribution in [0.1, 0.15) is 75.5 Å². The van der Waals surface area contributed by atoms with Crippen molar-refractivity contribution in [1.82, 2.24) is 0 Å². The van der Waals surface area contributed by atoms with E-state index in [0.717, 1.165) is 19.3 Å². The molecule has 2 nitrogen and oxygen atoms in total. The summed E-state index contributed by atoms with van der Waals surface area (Å²) in [4.78, 5) is 0. The zero-order valence-electron chi connectivity index (χ0n) is 19.8. The molecule has 2 aliphatic heterocycles. The van der Waals surface area contributed by atoms with Crippen LogP contribution in [0.2, 0.25) is 0 Å². The lowest BCUT2D eigenvalue weighted by atomic mass is 9.88. The summed E-state index contributed by atoms with van der Waals surface area (Å²) in [6, 6.07) is 5.54. The van der Waals surface area contributed by atoms with Gasteiger partial charge in [-0.2, -0.15) is 0 Å². The Morgan fingerprint density at radius 1 is 0.794 bits per heavy atom. The van der Waals surface area contributed by atoms with Crippen LogP contribution in [0.4, 0.5) is 17.6 Å². The van der Waals surface area contributed by atoms with E-state index in [2.05, 4.69) is 6.92 Å². The predicted molar refractivity (Wildman–Crippen MR) is 125 cm³/mol. The molecular weight excluding hydrogens is 444 g/mol. The van der Waals surface area contributed by atoms with Gasteiger partial charge in [0, 0.05) is 22.6 Å². The van der Waals surface area contributed by atoms with E-state index in [4.69, 9.17) is 9.47 Å². The Morgan fingerprint density at radius 3 is 2.03 bits per heavy atom. The SMILES string of the molecule is CC=CC1CCC(c2ccc(-c3ccc(C4CCC(CCC)CO4)c(F)c3F)c(F)c2F)CO1. The van der Waals surface area contributed by atoms with Crippen LogP contribution >= 0.6 is 0 Å². The Bertz CT molecular complexity index is 1020. The van der Waals surface area contributed by atoms with Gasteiger partial charge in [-0.15, -0.1) is 0 Å². The third kappa shape index (κ3) is 5.08. The molecule has 184 valence electrons. The van der Waals surface area contributed by atoms with Crippen LogP contribution in [0, 0.1) is 29.2 Å². The Labute approximate surface area is 199 Å². The van der Waals surface area contributed by atoms with Gasteiger partial charge < -0.3 is 9.47 Å². The number of benzene rings is 2. The lowest BCUT2D eigenvalue weighted by molar-refractivity contribution is -0.0214. The highest BCUT2D eigenvalue weighted by Crippen LogP contribution is 2.39. The third-order valence-corrected chi connectivity index (χ3v) is 7.09. The maximum atomic E-state index is 15.0. The molecule has 2 aromatic carbocycles. The normalized spacial score (nSPS) is 25.7. The highest BCUT2D eigenvalue weighted by atomic mass is 19.2. The van der Waals surface area contributed by atoms with Crippen molar-refractivity contribution in [2.75, 3.05) is 13.2 Å². The molecule has 0 bridgehead atoms. The maximum Gasteiger partial charge on any atom is 0.167 e. The number of hydrogen-bond acceptors (Lipinski definition) is 2. The molecule has 4 rings (SSSR count). The fourth-order valence-electron chi connectivity index (χ4n) is 5.18. The average Bonchev–Trinajstić information content (AvgIpc) is 2.85. The lowest BCUT2D eigenvalue weighted by Crippen LogP contribution is -2.24. The van der Waals surface area contributed by atoms with Gasteiger partial charge in [-0.25, -0.2) is 17.6 Å². The van der Waals surface area contributed by atoms with E-state index in [0.29, 0.717) is 31.8 Å². The van der Waals surface area contributed by atoms with Crippen molar-refractivity contribution in [3.05, 3.63) is 70.8 Å². The Kier molecular flexibility index (Phi) is 8.10. The molecule has 0 saturated carbocycles. The summed E-state index contributed by atoms with van der Waals surface area (Å²) < 4.78 is 71.6. The van der Waals surface area contributed by atoms with Crippen LogP contribution in [0.15, 0.2) is 36.4 Å². The minimum absolute atomic E-state index is 0.0188. The quantitative estimate of drug-likeness (QED) is 0.310. The van der Waals surface area contributed by atoms with Crippen LogP contribution in [0.25, 0.3) is 11.1 Å². The molecule has 0 N–H and O–H groups in total. The molecule has 0 spiro atoms. The summed E-state index contributed by atoms with van der Waals surface area (Å²) in [6.07, 6.45) is 8.27.